The van der Waals surface area contributed by atoms with Crippen LogP contribution in [0.4, 0.5) is 5.69 Å². The number of ether oxygens (including phenoxy) is 6. The highest BCUT2D eigenvalue weighted by atomic mass is 16.5. The molecule has 0 aliphatic heterocycles. The molecule has 1 rings (SSSR count). The van der Waals surface area contributed by atoms with Gasteiger partial charge < -0.3 is 100 Å². The maximum Gasteiger partial charge on any atom is 0.317 e. The van der Waals surface area contributed by atoms with Gasteiger partial charge in [-0.05, 0) is 56.2 Å². The molecule has 0 aliphatic carbocycles. The molecule has 120 heavy (non-hydrogen) atoms. The van der Waals surface area contributed by atoms with E-state index in [1.807, 2.05) is 20.8 Å². The highest BCUT2D eigenvalue weighted by molar-refractivity contribution is 5.91. The monoisotopic (exact) mass is 1730 g/mol. The van der Waals surface area contributed by atoms with Crippen molar-refractivity contribution in [2.45, 2.75) is 100 Å². The van der Waals surface area contributed by atoms with Crippen molar-refractivity contribution in [1.29, 1.82) is 0 Å². The molecular formula is C75H132N10O35. The van der Waals surface area contributed by atoms with Gasteiger partial charge in [-0.3, -0.25) is 121 Å². The van der Waals surface area contributed by atoms with Crippen molar-refractivity contribution in [3.8, 4) is 0 Å². The van der Waals surface area contributed by atoms with Gasteiger partial charge in [-0.1, -0.05) is 55.2 Å². The van der Waals surface area contributed by atoms with E-state index in [1.165, 1.54) is 29.4 Å². The fourth-order valence-electron chi connectivity index (χ4n) is 10.7. The summed E-state index contributed by atoms with van der Waals surface area (Å²) in [7, 11) is 0. The first-order valence-corrected chi connectivity index (χ1v) is 37.6. The van der Waals surface area contributed by atoms with Crippen LogP contribution in [-0.2, 0) is 112 Å². The predicted octanol–water partition coefficient (Wildman–Crippen LogP) is -0.737. The van der Waals surface area contributed by atoms with Crippen LogP contribution >= 0.6 is 0 Å². The van der Waals surface area contributed by atoms with Crippen LogP contribution in [0.1, 0.15) is 93.6 Å². The number of carboxylic acids is 13. The maximum atomic E-state index is 12.5. The molecule has 0 spiro atoms. The van der Waals surface area contributed by atoms with Crippen molar-refractivity contribution >= 4 is 101 Å². The number of anilines is 1. The Morgan fingerprint density at radius 2 is 0.525 bits per heavy atom. The average molecular weight is 1730 g/mol. The van der Waals surface area contributed by atoms with E-state index >= 15 is 0 Å². The first-order chi connectivity index (χ1) is 55.3. The number of hydrogen-bond acceptors (Lipinski definition) is 31. The number of aliphatic carboxylic acids is 13. The third-order valence-corrected chi connectivity index (χ3v) is 15.7. The Bertz CT molecular complexity index is 3000. The zero-order chi connectivity index (χ0) is 88.5. The highest BCUT2D eigenvalue weighted by Crippen LogP contribution is 2.16. The first-order valence-electron chi connectivity index (χ1n) is 37.6. The topological polar surface area (TPSA) is 633 Å². The molecule has 0 aromatic heterocycles. The highest BCUT2D eigenvalue weighted by Gasteiger charge is 2.29. The number of nitrogens with zero attached hydrogens (tertiary/aromatic N) is 9. The zero-order valence-electron chi connectivity index (χ0n) is 66.7. The number of ketones is 2. The molecule has 1 atom stereocenters. The zero-order valence-corrected chi connectivity index (χ0v) is 66.7. The normalized spacial score (nSPS) is 11.3. The predicted molar refractivity (Wildman–Crippen MR) is 429 cm³/mol. The van der Waals surface area contributed by atoms with Crippen LogP contribution in [0, 0.1) is 0 Å². The number of hydrogen-bond donors (Lipinski definition) is 14. The van der Waals surface area contributed by atoms with Gasteiger partial charge in [-0.2, -0.15) is 0 Å². The van der Waals surface area contributed by atoms with Gasteiger partial charge in [-0.15, -0.1) is 0 Å². The summed E-state index contributed by atoms with van der Waals surface area (Å²) in [5.41, 5.74) is 1.07. The molecule has 1 amide bonds. The lowest BCUT2D eigenvalue weighted by molar-refractivity contribution is -0.145. The van der Waals surface area contributed by atoms with E-state index in [1.54, 1.807) is 29.2 Å². The summed E-state index contributed by atoms with van der Waals surface area (Å²) in [6, 6.07) is 5.64. The van der Waals surface area contributed by atoms with Gasteiger partial charge in [0.2, 0.25) is 5.91 Å². The Hall–Kier alpha value is -9.46. The second kappa shape index (κ2) is 74.6. The van der Waals surface area contributed by atoms with Gasteiger partial charge in [0.15, 0.2) is 0 Å². The number of Topliss-reactive ketones (excluding diaryl/α,β-unsaturated/α-hetero) is 2. The Morgan fingerprint density at radius 1 is 0.292 bits per heavy atom. The van der Waals surface area contributed by atoms with Gasteiger partial charge in [0.05, 0.1) is 138 Å². The summed E-state index contributed by atoms with van der Waals surface area (Å²) >= 11 is 0. The summed E-state index contributed by atoms with van der Waals surface area (Å²) < 4.78 is 31.9. The molecule has 1 unspecified atom stereocenters. The SMILES string of the molecule is C.C.C.CCCOCCOCC(=O)Nc1ccc(CC(CN(CCN(CC(=O)O)CC(=O)O)CC(=O)O)N(CC(=O)O)CC(=O)O)cc1.CCCOCCOCCCC(=O)CN(CCN(CC(=O)O)CC(=O)O)CCN(CC(=O)O)CC(=O)O.CCCOCCOCCCC(=O)CN(CCN(CCN(CC(=O)O)CC(=O)O)CC(=O)O)CC(=O)O. The Morgan fingerprint density at radius 3 is 0.817 bits per heavy atom. The van der Waals surface area contributed by atoms with Crippen molar-refractivity contribution in [1.82, 2.24) is 44.1 Å². The number of rotatable bonds is 76. The summed E-state index contributed by atoms with van der Waals surface area (Å²) in [6.45, 7) is 3.84. The molecule has 0 saturated heterocycles. The van der Waals surface area contributed by atoms with Crippen LogP contribution in [0.15, 0.2) is 24.3 Å². The number of amides is 1. The van der Waals surface area contributed by atoms with E-state index in [9.17, 15) is 102 Å². The maximum absolute atomic E-state index is 12.5. The lowest BCUT2D eigenvalue weighted by Gasteiger charge is -2.34. The van der Waals surface area contributed by atoms with Crippen LogP contribution in [0.25, 0.3) is 0 Å². The number of nitrogens with one attached hydrogen (secondary N) is 1. The minimum Gasteiger partial charge on any atom is -0.480 e. The lowest BCUT2D eigenvalue weighted by atomic mass is 10.0. The molecule has 14 N–H and O–H groups in total. The third kappa shape index (κ3) is 74.8. The van der Waals surface area contributed by atoms with E-state index in [2.05, 4.69) is 5.32 Å². The van der Waals surface area contributed by atoms with Crippen LogP contribution in [-0.4, -0.2) is 461 Å². The van der Waals surface area contributed by atoms with Crippen LogP contribution < -0.4 is 5.32 Å². The van der Waals surface area contributed by atoms with Gasteiger partial charge in [0.25, 0.3) is 0 Å². The quantitative estimate of drug-likeness (QED) is 0.0357. The number of carbonyl (C=O) groups excluding carboxylic acids is 3. The standard InChI is InChI=1S/C28H42N4O13.2C22H39N3O11.3CH4/c1-2-9-44-10-11-45-19-23(33)29-21-5-3-20(4-6-21)12-22(32(17-27(40)41)18-28(42)43)13-30(14-24(34)35)7-8-31(15-25(36)37)16-26(38)39;1-2-9-35-11-12-36-10-3-4-18(26)13-24(15-20(29)30)7-5-23(14-19(27)28)6-8-25(16-21(31)32)17-22(33)34;1-2-9-35-11-12-36-10-3-4-18(26)13-23(5-7-24(14-19(27)28)15-20(29)30)6-8-25(16-21(31)32)17-22(33)34;;;/h3-6,22H,2,7-19H2,1H3,(H,29,33)(H,34,35)(H,36,37)(H,38,39)(H,40,41)(H,42,43);2*2-17H2,1H3,(H,27,28)(H,29,30)(H,31,32)(H,33,34);3*1H4. The second-order valence-electron chi connectivity index (χ2n) is 26.4. The van der Waals surface area contributed by atoms with Gasteiger partial charge in [-0.25, -0.2) is 0 Å². The van der Waals surface area contributed by atoms with Gasteiger partial charge >= 0.3 is 77.6 Å². The molecule has 45 nitrogen and oxygen atoms in total. The minimum atomic E-state index is -1.31. The van der Waals surface area contributed by atoms with Gasteiger partial charge in [0, 0.05) is 130 Å². The summed E-state index contributed by atoms with van der Waals surface area (Å²) in [4.78, 5) is 194. The van der Waals surface area contributed by atoms with Crippen molar-refractivity contribution < 1.29 is 172 Å². The van der Waals surface area contributed by atoms with E-state index in [4.69, 9.17) is 69.3 Å². The Labute approximate surface area is 699 Å². The third-order valence-electron chi connectivity index (χ3n) is 15.7. The average Bonchev–Trinajstić information content (AvgIpc) is 0.853. The largest absolute Gasteiger partial charge is 0.480 e. The molecule has 692 valence electrons. The number of benzene rings is 1. The van der Waals surface area contributed by atoms with Gasteiger partial charge in [0.1, 0.15) is 18.2 Å². The van der Waals surface area contributed by atoms with Crippen molar-refractivity contribution in [3.05, 3.63) is 29.8 Å². The molecular weight excluding hydrogens is 1600 g/mol. The van der Waals surface area contributed by atoms with E-state index in [-0.39, 0.29) is 151 Å². The second-order valence-corrected chi connectivity index (χ2v) is 26.4. The summed E-state index contributed by atoms with van der Waals surface area (Å²) in [6.07, 6.45) is 4.16. The fourth-order valence-corrected chi connectivity index (χ4v) is 10.7. The van der Waals surface area contributed by atoms with Crippen LogP contribution in [0.5, 0.6) is 0 Å². The van der Waals surface area contributed by atoms with E-state index in [0.717, 1.165) is 29.1 Å². The molecule has 45 heteroatoms. The van der Waals surface area contributed by atoms with E-state index < -0.39 is 175 Å². The molecule has 0 radical (unpaired) electrons. The van der Waals surface area contributed by atoms with Crippen LogP contribution in [0.3, 0.4) is 0 Å². The van der Waals surface area contributed by atoms with Crippen LogP contribution in [0.2, 0.25) is 0 Å². The minimum absolute atomic E-state index is 0. The van der Waals surface area contributed by atoms with Crippen molar-refractivity contribution in [2.24, 2.45) is 0 Å². The molecule has 1 aromatic carbocycles. The fraction of sp³-hybridized carbons (Fsp3) is 0.707. The van der Waals surface area contributed by atoms with E-state index in [0.29, 0.717) is 90.2 Å². The molecule has 1 aromatic rings. The Balaban J connectivity index is -0.000000549. The smallest absolute Gasteiger partial charge is 0.317 e. The summed E-state index contributed by atoms with van der Waals surface area (Å²) in [5.74, 6) is -16.7. The van der Waals surface area contributed by atoms with Crippen molar-refractivity contribution in [2.75, 3.05) is 255 Å². The van der Waals surface area contributed by atoms with Crippen molar-refractivity contribution in [3.63, 3.8) is 0 Å². The lowest BCUT2D eigenvalue weighted by Crippen LogP contribution is -2.51. The first kappa shape index (κ1) is 119. The molecule has 0 aliphatic rings. The number of carboxylic acid groups (broad SMARTS) is 13. The molecule has 0 saturated carbocycles. The summed E-state index contributed by atoms with van der Waals surface area (Å²) in [5, 5.41) is 122. The molecule has 0 fully saturated rings. The molecule has 0 heterocycles. The number of carbonyl (C=O) groups is 16. The molecule has 0 bridgehead atoms. The Kier molecular flexibility index (Phi) is 74.0.